The number of imide groups is 1. The van der Waals surface area contributed by atoms with Gasteiger partial charge in [-0.3, -0.25) is 4.79 Å². The minimum atomic E-state index is -0.349. The van der Waals surface area contributed by atoms with Gasteiger partial charge in [0.05, 0.1) is 25.8 Å². The monoisotopic (exact) mass is 490 g/mol. The van der Waals surface area contributed by atoms with Crippen molar-refractivity contribution in [2.75, 3.05) is 19.1 Å². The number of nitrogens with zero attached hydrogens (tertiary/aromatic N) is 4. The number of aryl methyl sites for hydroxylation is 1. The van der Waals surface area contributed by atoms with E-state index >= 15 is 0 Å². The highest BCUT2D eigenvalue weighted by atomic mass is 16.5. The molecule has 0 bridgehead atoms. The lowest BCUT2D eigenvalue weighted by molar-refractivity contribution is -0.127. The van der Waals surface area contributed by atoms with Gasteiger partial charge in [-0.2, -0.15) is 4.98 Å². The highest BCUT2D eigenvalue weighted by Gasteiger charge is 2.48. The lowest BCUT2D eigenvalue weighted by atomic mass is 9.81. The second-order valence-corrected chi connectivity index (χ2v) is 9.14. The lowest BCUT2D eigenvalue weighted by Crippen LogP contribution is -2.62. The van der Waals surface area contributed by atoms with Crippen LogP contribution >= 0.6 is 0 Å². The van der Waals surface area contributed by atoms with Crippen molar-refractivity contribution >= 4 is 17.6 Å². The highest BCUT2D eigenvalue weighted by molar-refractivity contribution is 6.17. The molecule has 2 heterocycles. The number of anilines is 1. The maximum Gasteiger partial charge on any atom is 0.332 e. The summed E-state index contributed by atoms with van der Waals surface area (Å²) in [7, 11) is 3.14. The summed E-state index contributed by atoms with van der Waals surface area (Å²) in [6.07, 6.45) is 4.38. The summed E-state index contributed by atoms with van der Waals surface area (Å²) in [5.41, 5.74) is 2.44. The Morgan fingerprint density at radius 1 is 1.00 bits per heavy atom. The number of urea groups is 1. The highest BCUT2D eigenvalue weighted by Crippen LogP contribution is 2.37. The second kappa shape index (κ2) is 10.0. The molecule has 9 heteroatoms. The second-order valence-electron chi connectivity index (χ2n) is 9.14. The predicted molar refractivity (Wildman–Crippen MR) is 133 cm³/mol. The molecule has 3 amide bonds. The predicted octanol–water partition coefficient (Wildman–Crippen LogP) is 4.84. The largest absolute Gasteiger partial charge is 0.493 e. The molecular weight excluding hydrogens is 460 g/mol. The summed E-state index contributed by atoms with van der Waals surface area (Å²) < 4.78 is 16.2. The fraction of sp³-hybridized carbons (Fsp3) is 0.407. The first-order valence-corrected chi connectivity index (χ1v) is 12.3. The van der Waals surface area contributed by atoms with E-state index in [0.29, 0.717) is 34.5 Å². The number of carbonyl (C=O) groups is 2. The first-order valence-electron chi connectivity index (χ1n) is 12.3. The van der Waals surface area contributed by atoms with Gasteiger partial charge in [0.2, 0.25) is 17.6 Å². The van der Waals surface area contributed by atoms with Crippen LogP contribution < -0.4 is 14.4 Å². The zero-order chi connectivity index (χ0) is 25.2. The number of carbonyl (C=O) groups excluding carboxylic acids is 2. The molecule has 0 N–H and O–H groups in total. The number of rotatable bonds is 7. The van der Waals surface area contributed by atoms with Gasteiger partial charge in [-0.25, -0.2) is 9.69 Å². The van der Waals surface area contributed by atoms with Gasteiger partial charge in [0.25, 0.3) is 0 Å². The number of amides is 3. The van der Waals surface area contributed by atoms with E-state index in [0.717, 1.165) is 37.7 Å². The molecule has 1 aliphatic heterocycles. The van der Waals surface area contributed by atoms with Crippen LogP contribution in [0.2, 0.25) is 0 Å². The average molecular weight is 491 g/mol. The van der Waals surface area contributed by atoms with Crippen molar-refractivity contribution in [1.29, 1.82) is 0 Å². The van der Waals surface area contributed by atoms with Crippen LogP contribution in [0.4, 0.5) is 10.5 Å². The molecule has 1 aliphatic carbocycles. The molecule has 2 atom stereocenters. The fourth-order valence-electron chi connectivity index (χ4n) is 5.16. The van der Waals surface area contributed by atoms with Crippen molar-refractivity contribution in [3.05, 3.63) is 53.9 Å². The molecule has 2 unspecified atom stereocenters. The van der Waals surface area contributed by atoms with Crippen molar-refractivity contribution in [3.63, 3.8) is 0 Å². The topological polar surface area (TPSA) is 98.0 Å². The van der Waals surface area contributed by atoms with Gasteiger partial charge in [0.15, 0.2) is 11.5 Å². The Bertz CT molecular complexity index is 1260. The Morgan fingerprint density at radius 3 is 2.47 bits per heavy atom. The molecule has 1 aromatic heterocycles. The summed E-state index contributed by atoms with van der Waals surface area (Å²) in [4.78, 5) is 34.7. The summed E-state index contributed by atoms with van der Waals surface area (Å²) in [6.45, 7) is 2.21. The van der Waals surface area contributed by atoms with Crippen LogP contribution in [0.5, 0.6) is 11.5 Å². The molecule has 0 spiro atoms. The van der Waals surface area contributed by atoms with Crippen LogP contribution in [0.15, 0.2) is 47.0 Å². The van der Waals surface area contributed by atoms with Gasteiger partial charge in [-0.05, 0) is 55.2 Å². The third-order valence-electron chi connectivity index (χ3n) is 7.12. The molecular formula is C27H30N4O5. The Morgan fingerprint density at radius 2 is 1.75 bits per heavy atom. The SMILES string of the molecule is CCc1ccc(N2C(=O)C3CCCCC3N(Cc3nc(-c4ccc(OC)c(OC)c4)no3)C2=O)cc1. The molecule has 2 fully saturated rings. The Hall–Kier alpha value is -3.88. The van der Waals surface area contributed by atoms with Crippen molar-refractivity contribution < 1.29 is 23.6 Å². The van der Waals surface area contributed by atoms with Crippen molar-refractivity contribution in [2.24, 2.45) is 5.92 Å². The number of aromatic nitrogens is 2. The summed E-state index contributed by atoms with van der Waals surface area (Å²) >= 11 is 0. The van der Waals surface area contributed by atoms with Crippen LogP contribution in [0.3, 0.4) is 0 Å². The molecule has 1 saturated heterocycles. The van der Waals surface area contributed by atoms with Gasteiger partial charge in [0.1, 0.15) is 6.54 Å². The van der Waals surface area contributed by atoms with E-state index in [1.807, 2.05) is 30.3 Å². The van der Waals surface area contributed by atoms with Gasteiger partial charge < -0.3 is 18.9 Å². The maximum absolute atomic E-state index is 13.7. The van der Waals surface area contributed by atoms with Gasteiger partial charge in [0, 0.05) is 11.6 Å². The third-order valence-corrected chi connectivity index (χ3v) is 7.12. The molecule has 2 aromatic carbocycles. The summed E-state index contributed by atoms with van der Waals surface area (Å²) in [6, 6.07) is 12.4. The van der Waals surface area contributed by atoms with E-state index < -0.39 is 0 Å². The first-order chi connectivity index (χ1) is 17.5. The van der Waals surface area contributed by atoms with Crippen molar-refractivity contribution in [1.82, 2.24) is 15.0 Å². The smallest absolute Gasteiger partial charge is 0.332 e. The zero-order valence-electron chi connectivity index (χ0n) is 20.8. The number of methoxy groups -OCH3 is 2. The Balaban J connectivity index is 1.43. The number of benzene rings is 2. The minimum absolute atomic E-state index is 0.123. The fourth-order valence-corrected chi connectivity index (χ4v) is 5.16. The molecule has 5 rings (SSSR count). The van der Waals surface area contributed by atoms with E-state index in [4.69, 9.17) is 14.0 Å². The van der Waals surface area contributed by atoms with E-state index in [1.165, 1.54) is 4.90 Å². The van der Waals surface area contributed by atoms with E-state index in [-0.39, 0.29) is 30.4 Å². The Labute approximate surface area is 210 Å². The van der Waals surface area contributed by atoms with E-state index in [1.54, 1.807) is 31.3 Å². The normalized spacial score (nSPS) is 19.9. The lowest BCUT2D eigenvalue weighted by Gasteiger charge is -2.46. The van der Waals surface area contributed by atoms with Crippen LogP contribution in [-0.2, 0) is 17.8 Å². The van der Waals surface area contributed by atoms with Crippen molar-refractivity contribution in [2.45, 2.75) is 51.6 Å². The molecule has 36 heavy (non-hydrogen) atoms. The number of hydrogen-bond donors (Lipinski definition) is 0. The van der Waals surface area contributed by atoms with Gasteiger partial charge >= 0.3 is 6.03 Å². The van der Waals surface area contributed by atoms with Crippen LogP contribution in [0, 0.1) is 5.92 Å². The number of ether oxygens (including phenoxy) is 2. The number of hydrogen-bond acceptors (Lipinski definition) is 7. The average Bonchev–Trinajstić information content (AvgIpc) is 3.40. The van der Waals surface area contributed by atoms with Crippen LogP contribution in [-0.4, -0.2) is 47.2 Å². The molecule has 3 aromatic rings. The Kier molecular flexibility index (Phi) is 6.63. The third kappa shape index (κ3) is 4.29. The minimum Gasteiger partial charge on any atom is -0.493 e. The molecule has 188 valence electrons. The molecule has 1 saturated carbocycles. The van der Waals surface area contributed by atoms with Gasteiger partial charge in [-0.15, -0.1) is 0 Å². The van der Waals surface area contributed by atoms with Gasteiger partial charge in [-0.1, -0.05) is 37.1 Å². The van der Waals surface area contributed by atoms with Crippen LogP contribution in [0.25, 0.3) is 11.4 Å². The standard InChI is InChI=1S/C27H30N4O5/c1-4-17-9-12-19(13-10-17)31-26(32)20-7-5-6-8-21(20)30(27(31)33)16-24-28-25(29-36-24)18-11-14-22(34-2)23(15-18)35-3/h9-15,20-21H,4-8,16H2,1-3H3. The van der Waals surface area contributed by atoms with Crippen LogP contribution in [0.1, 0.15) is 44.1 Å². The quantitative estimate of drug-likeness (QED) is 0.467. The zero-order valence-corrected chi connectivity index (χ0v) is 20.8. The molecule has 2 aliphatic rings. The van der Waals surface area contributed by atoms with E-state index in [2.05, 4.69) is 17.1 Å². The number of fused-ring (bicyclic) bond motifs is 1. The summed E-state index contributed by atoms with van der Waals surface area (Å²) in [5.74, 6) is 1.49. The molecule has 0 radical (unpaired) electrons. The van der Waals surface area contributed by atoms with Crippen molar-refractivity contribution in [3.8, 4) is 22.9 Å². The van der Waals surface area contributed by atoms with E-state index in [9.17, 15) is 9.59 Å². The molecule has 9 nitrogen and oxygen atoms in total. The first kappa shape index (κ1) is 23.8. The summed E-state index contributed by atoms with van der Waals surface area (Å²) in [5, 5.41) is 4.12. The maximum atomic E-state index is 13.7.